The smallest absolute Gasteiger partial charge is 0.350 e. The zero-order chi connectivity index (χ0) is 19.6. The molecule has 8 heteroatoms. The summed E-state index contributed by atoms with van der Waals surface area (Å²) < 4.78 is 1.65. The van der Waals surface area contributed by atoms with Gasteiger partial charge in [0.1, 0.15) is 12.7 Å². The summed E-state index contributed by atoms with van der Waals surface area (Å²) in [4.78, 5) is 26.5. The van der Waals surface area contributed by atoms with Gasteiger partial charge in [0.25, 0.3) is 0 Å². The number of nitrogens with zero attached hydrogens (tertiary/aromatic N) is 6. The van der Waals surface area contributed by atoms with Crippen LogP contribution in [-0.4, -0.2) is 37.5 Å². The molecule has 3 rings (SSSR count). The number of para-hydroxylation sites is 2. The monoisotopic (exact) mass is 368 g/mol. The highest BCUT2D eigenvalue weighted by atomic mass is 16.6. The molecule has 0 spiro atoms. The lowest BCUT2D eigenvalue weighted by molar-refractivity contribution is -0.384. The Balaban J connectivity index is 2.19. The molecule has 0 amide bonds. The van der Waals surface area contributed by atoms with Crippen molar-refractivity contribution in [2.75, 3.05) is 18.0 Å². The summed E-state index contributed by atoms with van der Waals surface area (Å²) in [6.07, 6.45) is 2.96. The first-order chi connectivity index (χ1) is 12.9. The molecule has 0 N–H and O–H groups in total. The highest BCUT2D eigenvalue weighted by Gasteiger charge is 2.29. The van der Waals surface area contributed by atoms with E-state index in [0.29, 0.717) is 30.7 Å². The van der Waals surface area contributed by atoms with Crippen LogP contribution in [0.25, 0.3) is 16.9 Å². The summed E-state index contributed by atoms with van der Waals surface area (Å²) in [5.41, 5.74) is 1.43. The molecule has 0 radical (unpaired) electrons. The Morgan fingerprint density at radius 1 is 1.07 bits per heavy atom. The van der Waals surface area contributed by atoms with E-state index >= 15 is 0 Å². The van der Waals surface area contributed by atoms with Crippen LogP contribution in [0.5, 0.6) is 0 Å². The number of anilines is 1. The van der Waals surface area contributed by atoms with Crippen molar-refractivity contribution in [3.05, 3.63) is 47.0 Å². The topological polar surface area (TPSA) is 90.0 Å². The number of rotatable bonds is 7. The number of fused-ring (bicyclic) bond motifs is 1. The molecule has 0 bridgehead atoms. The molecule has 0 unspecified atom stereocenters. The van der Waals surface area contributed by atoms with Gasteiger partial charge in [-0.25, -0.2) is 15.0 Å². The van der Waals surface area contributed by atoms with Crippen LogP contribution in [-0.2, 0) is 0 Å². The molecule has 0 fully saturated rings. The van der Waals surface area contributed by atoms with Crippen LogP contribution in [0.4, 0.5) is 11.5 Å². The number of benzene rings is 1. The molecule has 1 aromatic carbocycles. The molecule has 0 aliphatic carbocycles. The molecular weight excluding hydrogens is 344 g/mol. The van der Waals surface area contributed by atoms with E-state index in [4.69, 9.17) is 0 Å². The van der Waals surface area contributed by atoms with Crippen molar-refractivity contribution in [2.45, 2.75) is 27.7 Å². The first-order valence-corrected chi connectivity index (χ1v) is 9.05. The summed E-state index contributed by atoms with van der Waals surface area (Å²) >= 11 is 0. The lowest BCUT2D eigenvalue weighted by atomic mass is 10.1. The second-order valence-corrected chi connectivity index (χ2v) is 7.42. The Morgan fingerprint density at radius 2 is 1.74 bits per heavy atom. The summed E-state index contributed by atoms with van der Waals surface area (Å²) in [5, 5.41) is 12.0. The van der Waals surface area contributed by atoms with Crippen molar-refractivity contribution in [1.82, 2.24) is 19.5 Å². The van der Waals surface area contributed by atoms with Gasteiger partial charge in [-0.1, -0.05) is 39.8 Å². The van der Waals surface area contributed by atoms with Gasteiger partial charge >= 0.3 is 5.69 Å². The fraction of sp³-hybridized carbons (Fsp3) is 0.421. The van der Waals surface area contributed by atoms with Gasteiger partial charge in [0.15, 0.2) is 0 Å². The van der Waals surface area contributed by atoms with E-state index < -0.39 is 4.92 Å². The van der Waals surface area contributed by atoms with Crippen molar-refractivity contribution in [1.29, 1.82) is 0 Å². The van der Waals surface area contributed by atoms with Crippen molar-refractivity contribution >= 4 is 22.5 Å². The molecule has 2 aromatic heterocycles. The molecule has 0 saturated carbocycles. The standard InChI is InChI=1S/C19H24N6O2/c1-13(2)9-23(10-14(3)4)18-17(25(26)27)19(21-11-20-18)24-12-22-15-7-5-6-8-16(15)24/h5-8,11-14H,9-10H2,1-4H3. The predicted molar refractivity (Wildman–Crippen MR) is 105 cm³/mol. The molecule has 2 heterocycles. The Labute approximate surface area is 158 Å². The molecular formula is C19H24N6O2. The molecule has 3 aromatic rings. The Hall–Kier alpha value is -3.03. The Kier molecular flexibility index (Phi) is 5.34. The fourth-order valence-electron chi connectivity index (χ4n) is 3.19. The van der Waals surface area contributed by atoms with E-state index in [1.807, 2.05) is 29.2 Å². The van der Waals surface area contributed by atoms with Gasteiger partial charge < -0.3 is 4.90 Å². The lowest BCUT2D eigenvalue weighted by Crippen LogP contribution is -2.33. The summed E-state index contributed by atoms with van der Waals surface area (Å²) in [6.45, 7) is 9.71. The molecule has 27 heavy (non-hydrogen) atoms. The van der Waals surface area contributed by atoms with Crippen LogP contribution in [0.1, 0.15) is 27.7 Å². The average molecular weight is 368 g/mol. The SMILES string of the molecule is CC(C)CN(CC(C)C)c1ncnc(-n2cnc3ccccc32)c1[N+](=O)[O-]. The third-order valence-electron chi connectivity index (χ3n) is 4.12. The first kappa shape index (κ1) is 18.8. The normalized spacial score (nSPS) is 11.5. The predicted octanol–water partition coefficient (Wildman–Crippen LogP) is 3.84. The number of aromatic nitrogens is 4. The van der Waals surface area contributed by atoms with Gasteiger partial charge in [-0.05, 0) is 24.0 Å². The van der Waals surface area contributed by atoms with E-state index in [1.165, 1.54) is 6.33 Å². The molecule has 0 aliphatic rings. The molecule has 8 nitrogen and oxygen atoms in total. The molecule has 142 valence electrons. The van der Waals surface area contributed by atoms with Crippen molar-refractivity contribution in [3.8, 4) is 5.82 Å². The third-order valence-corrected chi connectivity index (χ3v) is 4.12. The van der Waals surface area contributed by atoms with Gasteiger partial charge in [0.05, 0.1) is 16.0 Å². The van der Waals surface area contributed by atoms with Gasteiger partial charge in [-0.2, -0.15) is 0 Å². The minimum atomic E-state index is -0.396. The molecule has 0 aliphatic heterocycles. The zero-order valence-corrected chi connectivity index (χ0v) is 16.0. The Bertz CT molecular complexity index is 940. The van der Waals surface area contributed by atoms with Crippen LogP contribution in [0.15, 0.2) is 36.9 Å². The highest BCUT2D eigenvalue weighted by molar-refractivity contribution is 5.79. The van der Waals surface area contributed by atoms with Gasteiger partial charge in [-0.3, -0.25) is 14.7 Å². The van der Waals surface area contributed by atoms with Crippen molar-refractivity contribution in [3.63, 3.8) is 0 Å². The fourth-order valence-corrected chi connectivity index (χ4v) is 3.19. The van der Waals surface area contributed by atoms with E-state index in [-0.39, 0.29) is 11.5 Å². The second-order valence-electron chi connectivity index (χ2n) is 7.42. The minimum Gasteiger partial charge on any atom is -0.350 e. The second kappa shape index (κ2) is 7.69. The van der Waals surface area contributed by atoms with Crippen LogP contribution in [0.3, 0.4) is 0 Å². The number of imidazole rings is 1. The van der Waals surface area contributed by atoms with Crippen molar-refractivity contribution in [2.24, 2.45) is 11.8 Å². The molecule has 0 saturated heterocycles. The maximum Gasteiger partial charge on any atom is 0.354 e. The summed E-state index contributed by atoms with van der Waals surface area (Å²) in [6, 6.07) is 7.49. The lowest BCUT2D eigenvalue weighted by Gasteiger charge is -2.27. The highest BCUT2D eigenvalue weighted by Crippen LogP contribution is 2.33. The number of hydrogen-bond acceptors (Lipinski definition) is 6. The third kappa shape index (κ3) is 3.89. The quantitative estimate of drug-likeness (QED) is 0.465. The van der Waals surface area contributed by atoms with E-state index in [1.54, 1.807) is 10.9 Å². The Morgan fingerprint density at radius 3 is 2.37 bits per heavy atom. The largest absolute Gasteiger partial charge is 0.354 e. The summed E-state index contributed by atoms with van der Waals surface area (Å²) in [5.74, 6) is 1.27. The van der Waals surface area contributed by atoms with Crippen LogP contribution in [0.2, 0.25) is 0 Å². The van der Waals surface area contributed by atoms with Gasteiger partial charge in [0.2, 0.25) is 11.6 Å². The van der Waals surface area contributed by atoms with Gasteiger partial charge in [-0.15, -0.1) is 0 Å². The first-order valence-electron chi connectivity index (χ1n) is 9.05. The molecule has 0 atom stereocenters. The maximum absolute atomic E-state index is 12.0. The zero-order valence-electron chi connectivity index (χ0n) is 16.0. The van der Waals surface area contributed by atoms with Crippen LogP contribution in [0, 0.1) is 22.0 Å². The minimum absolute atomic E-state index is 0.0954. The number of hydrogen-bond donors (Lipinski definition) is 0. The van der Waals surface area contributed by atoms with E-state index in [2.05, 4.69) is 42.6 Å². The van der Waals surface area contributed by atoms with Crippen LogP contribution < -0.4 is 4.90 Å². The number of nitro groups is 1. The van der Waals surface area contributed by atoms with Crippen molar-refractivity contribution < 1.29 is 4.92 Å². The van der Waals surface area contributed by atoms with E-state index in [0.717, 1.165) is 11.0 Å². The summed E-state index contributed by atoms with van der Waals surface area (Å²) in [7, 11) is 0. The maximum atomic E-state index is 12.0. The van der Waals surface area contributed by atoms with Gasteiger partial charge in [0, 0.05) is 13.1 Å². The van der Waals surface area contributed by atoms with Crippen LogP contribution >= 0.6 is 0 Å². The average Bonchev–Trinajstić information content (AvgIpc) is 3.03. The van der Waals surface area contributed by atoms with E-state index in [9.17, 15) is 10.1 Å².